The van der Waals surface area contributed by atoms with Crippen LogP contribution in [0.1, 0.15) is 15.9 Å². The highest BCUT2D eigenvalue weighted by Gasteiger charge is 2.16. The minimum absolute atomic E-state index is 0.121. The van der Waals surface area contributed by atoms with E-state index in [1.807, 2.05) is 0 Å². The molecule has 2 aromatic rings. The van der Waals surface area contributed by atoms with Crippen LogP contribution in [-0.2, 0) is 4.79 Å². The molecule has 29 heavy (non-hydrogen) atoms. The summed E-state index contributed by atoms with van der Waals surface area (Å²) in [6, 6.07) is 8.23. The number of nitrogens with zero attached hydrogens (tertiary/aromatic N) is 1. The van der Waals surface area contributed by atoms with E-state index in [0.29, 0.717) is 38.6 Å². The third-order valence-corrected chi connectivity index (χ3v) is 4.56. The van der Waals surface area contributed by atoms with Gasteiger partial charge in [0.05, 0.1) is 31.5 Å². The second-order valence-electron chi connectivity index (χ2n) is 5.77. The third-order valence-electron chi connectivity index (χ3n) is 3.94. The molecule has 10 heteroatoms. The van der Waals surface area contributed by atoms with E-state index in [-0.39, 0.29) is 13.3 Å². The molecular weight excluding hydrogens is 446 g/mol. The van der Waals surface area contributed by atoms with Gasteiger partial charge < -0.3 is 24.3 Å². The lowest BCUT2D eigenvalue weighted by Gasteiger charge is -2.09. The topological polar surface area (TPSA) is 107 Å². The van der Waals surface area contributed by atoms with Crippen molar-refractivity contribution in [2.24, 2.45) is 5.10 Å². The average Bonchev–Trinajstić information content (AvgIpc) is 3.20. The number of amides is 2. The number of carbonyl (C=O) groups is 2. The van der Waals surface area contributed by atoms with Crippen molar-refractivity contribution in [1.82, 2.24) is 10.7 Å². The normalized spacial score (nSPS) is 12.0. The monoisotopic (exact) mass is 463 g/mol. The van der Waals surface area contributed by atoms with Crippen molar-refractivity contribution in [2.45, 2.75) is 0 Å². The molecule has 0 saturated carbocycles. The van der Waals surface area contributed by atoms with Gasteiger partial charge >= 0.3 is 0 Å². The molecule has 0 bridgehead atoms. The Labute approximate surface area is 175 Å². The van der Waals surface area contributed by atoms with Crippen molar-refractivity contribution >= 4 is 34.0 Å². The Morgan fingerprint density at radius 3 is 2.66 bits per heavy atom. The van der Waals surface area contributed by atoms with Crippen LogP contribution in [0, 0.1) is 0 Å². The Morgan fingerprint density at radius 2 is 1.90 bits per heavy atom. The molecule has 1 heterocycles. The van der Waals surface area contributed by atoms with E-state index < -0.39 is 11.8 Å². The van der Waals surface area contributed by atoms with Crippen LogP contribution in [0.4, 0.5) is 0 Å². The van der Waals surface area contributed by atoms with Crippen LogP contribution in [0.3, 0.4) is 0 Å². The van der Waals surface area contributed by atoms with Crippen molar-refractivity contribution in [3.05, 3.63) is 45.9 Å². The summed E-state index contributed by atoms with van der Waals surface area (Å²) < 4.78 is 21.6. The smallest absolute Gasteiger partial charge is 0.259 e. The number of halogens is 1. The Balaban J connectivity index is 1.53. The summed E-state index contributed by atoms with van der Waals surface area (Å²) >= 11 is 3.38. The highest BCUT2D eigenvalue weighted by atomic mass is 79.9. The van der Waals surface area contributed by atoms with Gasteiger partial charge in [-0.3, -0.25) is 9.59 Å². The van der Waals surface area contributed by atoms with Gasteiger partial charge in [0.1, 0.15) is 11.5 Å². The van der Waals surface area contributed by atoms with E-state index in [1.54, 1.807) is 37.4 Å². The summed E-state index contributed by atoms with van der Waals surface area (Å²) in [6.45, 7) is -0.121. The van der Waals surface area contributed by atoms with Gasteiger partial charge in [-0.05, 0) is 40.2 Å². The van der Waals surface area contributed by atoms with Crippen LogP contribution >= 0.6 is 15.9 Å². The van der Waals surface area contributed by atoms with Crippen molar-refractivity contribution in [3.63, 3.8) is 0 Å². The predicted octanol–water partition coefficient (Wildman–Crippen LogP) is 2.08. The van der Waals surface area contributed by atoms with Gasteiger partial charge in [-0.25, -0.2) is 5.43 Å². The van der Waals surface area contributed by atoms with Crippen LogP contribution in [0.2, 0.25) is 0 Å². The quantitative estimate of drug-likeness (QED) is 0.480. The van der Waals surface area contributed by atoms with Gasteiger partial charge in [-0.2, -0.15) is 5.10 Å². The van der Waals surface area contributed by atoms with E-state index in [2.05, 4.69) is 31.8 Å². The van der Waals surface area contributed by atoms with Crippen molar-refractivity contribution in [2.75, 3.05) is 27.6 Å². The fraction of sp³-hybridized carbons (Fsp3) is 0.211. The number of methoxy groups -OCH3 is 2. The summed E-state index contributed by atoms with van der Waals surface area (Å²) in [4.78, 5) is 24.1. The summed E-state index contributed by atoms with van der Waals surface area (Å²) in [5.74, 6) is 1.30. The van der Waals surface area contributed by atoms with Gasteiger partial charge in [-0.1, -0.05) is 0 Å². The average molecular weight is 464 g/mol. The van der Waals surface area contributed by atoms with Crippen molar-refractivity contribution in [1.29, 1.82) is 0 Å². The SMILES string of the molecule is COc1cc(OC)c(/C=N\NC(=O)CNC(=O)c2ccc3c(c2)OCO3)cc1Br. The van der Waals surface area contributed by atoms with Crippen LogP contribution in [0.25, 0.3) is 0 Å². The van der Waals surface area contributed by atoms with Gasteiger partial charge in [0.25, 0.3) is 11.8 Å². The number of hydrogen-bond acceptors (Lipinski definition) is 7. The second kappa shape index (κ2) is 9.28. The molecule has 2 aromatic carbocycles. The maximum Gasteiger partial charge on any atom is 0.259 e. The molecule has 1 aliphatic rings. The number of hydrazone groups is 1. The maximum absolute atomic E-state index is 12.2. The number of rotatable bonds is 7. The molecule has 2 amide bonds. The molecule has 0 radical (unpaired) electrons. The lowest BCUT2D eigenvalue weighted by atomic mass is 10.2. The molecule has 2 N–H and O–H groups in total. The van der Waals surface area contributed by atoms with Crippen molar-refractivity contribution < 1.29 is 28.5 Å². The highest BCUT2D eigenvalue weighted by molar-refractivity contribution is 9.10. The first-order valence-electron chi connectivity index (χ1n) is 8.43. The predicted molar refractivity (Wildman–Crippen MR) is 108 cm³/mol. The van der Waals surface area contributed by atoms with Gasteiger partial charge in [0.15, 0.2) is 11.5 Å². The van der Waals surface area contributed by atoms with E-state index in [0.717, 1.165) is 0 Å². The van der Waals surface area contributed by atoms with Crippen molar-refractivity contribution in [3.8, 4) is 23.0 Å². The zero-order valence-corrected chi connectivity index (χ0v) is 17.2. The zero-order valence-electron chi connectivity index (χ0n) is 15.7. The van der Waals surface area contributed by atoms with E-state index in [4.69, 9.17) is 18.9 Å². The van der Waals surface area contributed by atoms with Crippen LogP contribution in [-0.4, -0.2) is 45.6 Å². The van der Waals surface area contributed by atoms with E-state index in [1.165, 1.54) is 13.3 Å². The Hall–Kier alpha value is -3.27. The van der Waals surface area contributed by atoms with E-state index in [9.17, 15) is 9.59 Å². The van der Waals surface area contributed by atoms with Gasteiger partial charge in [0.2, 0.25) is 6.79 Å². The number of ether oxygens (including phenoxy) is 4. The van der Waals surface area contributed by atoms with Crippen LogP contribution < -0.4 is 29.7 Å². The molecule has 152 valence electrons. The summed E-state index contributed by atoms with van der Waals surface area (Å²) in [5.41, 5.74) is 3.34. The molecule has 1 aliphatic heterocycles. The largest absolute Gasteiger partial charge is 0.496 e. The standard InChI is InChI=1S/C19H18BrN3O6/c1-26-15-7-16(27-2)13(20)5-12(15)8-22-23-18(24)9-21-19(25)11-3-4-14-17(6-11)29-10-28-14/h3-8H,9-10H2,1-2H3,(H,21,25)(H,23,24)/b22-8-. The van der Waals surface area contributed by atoms with Crippen LogP contribution in [0.15, 0.2) is 39.9 Å². The lowest BCUT2D eigenvalue weighted by molar-refractivity contribution is -0.120. The number of hydrogen-bond donors (Lipinski definition) is 2. The number of fused-ring (bicyclic) bond motifs is 1. The minimum atomic E-state index is -0.484. The van der Waals surface area contributed by atoms with Gasteiger partial charge in [0, 0.05) is 17.2 Å². The molecule has 0 fully saturated rings. The Kier molecular flexibility index (Phi) is 6.55. The van der Waals surface area contributed by atoms with Gasteiger partial charge in [-0.15, -0.1) is 0 Å². The lowest BCUT2D eigenvalue weighted by Crippen LogP contribution is -2.34. The molecular formula is C19H18BrN3O6. The molecule has 0 aliphatic carbocycles. The molecule has 0 saturated heterocycles. The molecule has 0 aromatic heterocycles. The Bertz CT molecular complexity index is 963. The zero-order chi connectivity index (χ0) is 20.8. The maximum atomic E-state index is 12.2. The number of benzene rings is 2. The molecule has 0 unspecified atom stereocenters. The number of nitrogens with one attached hydrogen (secondary N) is 2. The molecule has 3 rings (SSSR count). The van der Waals surface area contributed by atoms with E-state index >= 15 is 0 Å². The van der Waals surface area contributed by atoms with Crippen LogP contribution in [0.5, 0.6) is 23.0 Å². The fourth-order valence-corrected chi connectivity index (χ4v) is 3.02. The first-order valence-corrected chi connectivity index (χ1v) is 9.22. The molecule has 0 atom stereocenters. The first kappa shape index (κ1) is 20.5. The Morgan fingerprint density at radius 1 is 1.14 bits per heavy atom. The molecule has 9 nitrogen and oxygen atoms in total. The first-order chi connectivity index (χ1) is 14.0. The summed E-state index contributed by atoms with van der Waals surface area (Å²) in [7, 11) is 3.07. The number of carbonyl (C=O) groups excluding carboxylic acids is 2. The highest BCUT2D eigenvalue weighted by Crippen LogP contribution is 2.33. The fourth-order valence-electron chi connectivity index (χ4n) is 2.50. The minimum Gasteiger partial charge on any atom is -0.496 e. The molecule has 0 spiro atoms. The third kappa shape index (κ3) is 4.96. The summed E-state index contributed by atoms with van der Waals surface area (Å²) in [5, 5.41) is 6.41. The summed E-state index contributed by atoms with van der Waals surface area (Å²) in [6.07, 6.45) is 1.43. The second-order valence-corrected chi connectivity index (χ2v) is 6.63.